The molecule has 0 aromatic heterocycles. The Bertz CT molecular complexity index is 492. The summed E-state index contributed by atoms with van der Waals surface area (Å²) < 4.78 is 36.5. The van der Waals surface area contributed by atoms with Crippen LogP contribution in [0.4, 0.5) is 13.2 Å². The quantitative estimate of drug-likeness (QED) is 0.825. The van der Waals surface area contributed by atoms with Crippen molar-refractivity contribution in [2.24, 2.45) is 5.41 Å². The monoisotopic (exact) mass is 285 g/mol. The first-order chi connectivity index (χ1) is 8.94. The molecule has 0 spiro atoms. The van der Waals surface area contributed by atoms with Gasteiger partial charge in [-0.3, -0.25) is 0 Å². The zero-order valence-corrected chi connectivity index (χ0v) is 11.2. The van der Waals surface area contributed by atoms with Gasteiger partial charge in [0.2, 0.25) is 0 Å². The second-order valence-electron chi connectivity index (χ2n) is 4.88. The van der Waals surface area contributed by atoms with Crippen molar-refractivity contribution in [1.29, 1.82) is 5.26 Å². The minimum Gasteiger partial charge on any atom is -0.198 e. The first-order valence-electron chi connectivity index (χ1n) is 6.13. The summed E-state index contributed by atoms with van der Waals surface area (Å²) in [7, 11) is 0. The Morgan fingerprint density at radius 1 is 1.26 bits per heavy atom. The summed E-state index contributed by atoms with van der Waals surface area (Å²) in [6.45, 7) is 0. The number of benzene rings is 1. The molecule has 1 aliphatic rings. The Hall–Kier alpha value is -1.15. The van der Waals surface area contributed by atoms with Crippen LogP contribution in [0.25, 0.3) is 0 Å². The topological polar surface area (TPSA) is 23.8 Å². The van der Waals surface area contributed by atoms with Crippen molar-refractivity contribution in [2.75, 3.05) is 5.75 Å². The molecule has 0 N–H and O–H groups in total. The fourth-order valence-corrected chi connectivity index (χ4v) is 3.25. The van der Waals surface area contributed by atoms with Crippen molar-refractivity contribution < 1.29 is 13.2 Å². The Morgan fingerprint density at radius 2 is 1.95 bits per heavy atom. The standard InChI is InChI=1S/C14H14F3NS/c15-14(16,17)19-8-7-13(10-18)6-5-11-3-1-2-4-12(11)9-13/h1-4H,5-9H2. The Balaban J connectivity index is 2.04. The van der Waals surface area contributed by atoms with E-state index in [-0.39, 0.29) is 17.5 Å². The van der Waals surface area contributed by atoms with Gasteiger partial charge in [-0.25, -0.2) is 0 Å². The second-order valence-corrected chi connectivity index (χ2v) is 6.04. The van der Waals surface area contributed by atoms with Gasteiger partial charge in [0.15, 0.2) is 0 Å². The molecule has 0 fully saturated rings. The summed E-state index contributed by atoms with van der Waals surface area (Å²) in [6, 6.07) is 10.1. The van der Waals surface area contributed by atoms with Crippen LogP contribution in [0.1, 0.15) is 24.0 Å². The highest BCUT2D eigenvalue weighted by molar-refractivity contribution is 8.00. The molecule has 0 saturated carbocycles. The fourth-order valence-electron chi connectivity index (χ4n) is 2.53. The Labute approximate surface area is 114 Å². The van der Waals surface area contributed by atoms with Gasteiger partial charge in [-0.05, 0) is 36.8 Å². The summed E-state index contributed by atoms with van der Waals surface area (Å²) >= 11 is -0.0287. The predicted molar refractivity (Wildman–Crippen MR) is 69.6 cm³/mol. The molecule has 1 nitrogen and oxygen atoms in total. The van der Waals surface area contributed by atoms with E-state index in [9.17, 15) is 18.4 Å². The first kappa shape index (κ1) is 14.3. The fraction of sp³-hybridized carbons (Fsp3) is 0.500. The summed E-state index contributed by atoms with van der Waals surface area (Å²) in [4.78, 5) is 0. The van der Waals surface area contributed by atoms with E-state index in [1.165, 1.54) is 5.56 Å². The molecular formula is C14H14F3NS. The second kappa shape index (κ2) is 5.46. The smallest absolute Gasteiger partial charge is 0.198 e. The van der Waals surface area contributed by atoms with E-state index in [1.807, 2.05) is 24.3 Å². The number of hydrogen-bond donors (Lipinski definition) is 0. The lowest BCUT2D eigenvalue weighted by Crippen LogP contribution is -2.28. The molecule has 0 saturated heterocycles. The maximum Gasteiger partial charge on any atom is 0.441 e. The van der Waals surface area contributed by atoms with E-state index in [0.717, 1.165) is 12.0 Å². The highest BCUT2D eigenvalue weighted by Crippen LogP contribution is 2.40. The summed E-state index contributed by atoms with van der Waals surface area (Å²) in [5.74, 6) is -0.0424. The van der Waals surface area contributed by atoms with Crippen molar-refractivity contribution in [3.8, 4) is 6.07 Å². The molecule has 0 radical (unpaired) electrons. The van der Waals surface area contributed by atoms with Crippen LogP contribution in [-0.2, 0) is 12.8 Å². The SMILES string of the molecule is N#CC1(CCSC(F)(F)F)CCc2ccccc2C1. The number of hydrogen-bond acceptors (Lipinski definition) is 2. The number of aryl methyl sites for hydroxylation is 1. The largest absolute Gasteiger partial charge is 0.441 e. The third kappa shape index (κ3) is 3.66. The van der Waals surface area contributed by atoms with E-state index in [4.69, 9.17) is 0 Å². The molecule has 0 bridgehead atoms. The van der Waals surface area contributed by atoms with Gasteiger partial charge < -0.3 is 0 Å². The van der Waals surface area contributed by atoms with E-state index < -0.39 is 10.9 Å². The van der Waals surface area contributed by atoms with Crippen LogP contribution in [0.2, 0.25) is 0 Å². The minimum atomic E-state index is -4.21. The average molecular weight is 285 g/mol. The molecular weight excluding hydrogens is 271 g/mol. The molecule has 1 aromatic rings. The van der Waals surface area contributed by atoms with Gasteiger partial charge in [0.25, 0.3) is 0 Å². The molecule has 0 heterocycles. The van der Waals surface area contributed by atoms with Crippen LogP contribution in [0, 0.1) is 16.7 Å². The van der Waals surface area contributed by atoms with Crippen LogP contribution in [0.15, 0.2) is 24.3 Å². The molecule has 1 atom stereocenters. The van der Waals surface area contributed by atoms with E-state index >= 15 is 0 Å². The van der Waals surface area contributed by atoms with Gasteiger partial charge in [0, 0.05) is 5.75 Å². The molecule has 19 heavy (non-hydrogen) atoms. The third-order valence-corrected chi connectivity index (χ3v) is 4.34. The summed E-state index contributed by atoms with van der Waals surface area (Å²) in [5.41, 5.74) is -2.51. The van der Waals surface area contributed by atoms with Crippen LogP contribution >= 0.6 is 11.8 Å². The molecule has 1 aromatic carbocycles. The van der Waals surface area contributed by atoms with Gasteiger partial charge >= 0.3 is 5.51 Å². The molecule has 1 aliphatic carbocycles. The maximum atomic E-state index is 12.2. The number of thioether (sulfide) groups is 1. The molecule has 0 amide bonds. The van der Waals surface area contributed by atoms with Gasteiger partial charge in [0.1, 0.15) is 0 Å². The number of fused-ring (bicyclic) bond motifs is 1. The highest BCUT2D eigenvalue weighted by atomic mass is 32.2. The third-order valence-electron chi connectivity index (χ3n) is 3.60. The van der Waals surface area contributed by atoms with Crippen LogP contribution in [0.5, 0.6) is 0 Å². The van der Waals surface area contributed by atoms with Crippen molar-refractivity contribution >= 4 is 11.8 Å². The summed E-state index contributed by atoms with van der Waals surface area (Å²) in [6.07, 6.45) is 2.29. The number of halogens is 3. The average Bonchev–Trinajstić information content (AvgIpc) is 2.37. The maximum absolute atomic E-state index is 12.2. The zero-order chi connectivity index (χ0) is 13.9. The summed E-state index contributed by atoms with van der Waals surface area (Å²) in [5, 5.41) is 9.36. The zero-order valence-electron chi connectivity index (χ0n) is 10.3. The number of nitrogens with zero attached hydrogens (tertiary/aromatic N) is 1. The van der Waals surface area contributed by atoms with Crippen LogP contribution < -0.4 is 0 Å². The van der Waals surface area contributed by atoms with Gasteiger partial charge in [0.05, 0.1) is 11.5 Å². The minimum absolute atomic E-state index is 0.0287. The van der Waals surface area contributed by atoms with Crippen molar-refractivity contribution in [2.45, 2.75) is 31.2 Å². The van der Waals surface area contributed by atoms with E-state index in [1.54, 1.807) is 0 Å². The predicted octanol–water partition coefficient (Wildman–Crippen LogP) is 4.33. The highest BCUT2D eigenvalue weighted by Gasteiger charge is 2.36. The lowest BCUT2D eigenvalue weighted by Gasteiger charge is -2.32. The lowest BCUT2D eigenvalue weighted by atomic mass is 9.71. The van der Waals surface area contributed by atoms with Crippen molar-refractivity contribution in [1.82, 2.24) is 0 Å². The lowest BCUT2D eigenvalue weighted by molar-refractivity contribution is -0.0328. The van der Waals surface area contributed by atoms with Gasteiger partial charge in [-0.2, -0.15) is 18.4 Å². The van der Waals surface area contributed by atoms with Crippen LogP contribution in [0.3, 0.4) is 0 Å². The normalized spacial score (nSPS) is 22.6. The molecule has 1 unspecified atom stereocenters. The molecule has 102 valence electrons. The first-order valence-corrected chi connectivity index (χ1v) is 7.11. The number of alkyl halides is 3. The van der Waals surface area contributed by atoms with E-state index in [0.29, 0.717) is 19.3 Å². The molecule has 5 heteroatoms. The Morgan fingerprint density at radius 3 is 2.58 bits per heavy atom. The van der Waals surface area contributed by atoms with Gasteiger partial charge in [-0.1, -0.05) is 36.0 Å². The number of rotatable bonds is 3. The van der Waals surface area contributed by atoms with Crippen molar-refractivity contribution in [3.05, 3.63) is 35.4 Å². The Kier molecular flexibility index (Phi) is 4.10. The van der Waals surface area contributed by atoms with E-state index in [2.05, 4.69) is 6.07 Å². The van der Waals surface area contributed by atoms with Crippen LogP contribution in [-0.4, -0.2) is 11.3 Å². The van der Waals surface area contributed by atoms with Gasteiger partial charge in [-0.15, -0.1) is 0 Å². The van der Waals surface area contributed by atoms with Crippen molar-refractivity contribution in [3.63, 3.8) is 0 Å². The number of nitriles is 1. The molecule has 2 rings (SSSR count). The molecule has 0 aliphatic heterocycles.